The van der Waals surface area contributed by atoms with Gasteiger partial charge in [0.15, 0.2) is 0 Å². The van der Waals surface area contributed by atoms with Crippen molar-refractivity contribution < 1.29 is 4.79 Å². The highest BCUT2D eigenvalue weighted by Gasteiger charge is 2.50. The summed E-state index contributed by atoms with van der Waals surface area (Å²) in [4.78, 5) is 12.2. The van der Waals surface area contributed by atoms with Crippen molar-refractivity contribution in [3.63, 3.8) is 0 Å². The maximum absolute atomic E-state index is 12.2. The molecule has 114 valence electrons. The van der Waals surface area contributed by atoms with Crippen LogP contribution in [0.15, 0.2) is 0 Å². The van der Waals surface area contributed by atoms with Crippen molar-refractivity contribution in [3.8, 4) is 0 Å². The van der Waals surface area contributed by atoms with Crippen molar-refractivity contribution in [2.75, 3.05) is 13.1 Å². The number of hydrogen-bond donors (Lipinski definition) is 2. The zero-order valence-electron chi connectivity index (χ0n) is 12.2. The van der Waals surface area contributed by atoms with E-state index >= 15 is 0 Å². The van der Waals surface area contributed by atoms with Crippen molar-refractivity contribution >= 4 is 18.3 Å². The van der Waals surface area contributed by atoms with Crippen LogP contribution in [0.1, 0.15) is 51.4 Å². The Morgan fingerprint density at radius 2 is 1.70 bits per heavy atom. The topological polar surface area (TPSA) is 41.1 Å². The fraction of sp³-hybridized carbons (Fsp3) is 0.938. The number of rotatable bonds is 3. The molecule has 2 N–H and O–H groups in total. The van der Waals surface area contributed by atoms with Crippen LogP contribution < -0.4 is 10.6 Å². The molecule has 0 aromatic rings. The molecular formula is C16H27ClN2O. The fourth-order valence-electron chi connectivity index (χ4n) is 5.81. The first kappa shape index (κ1) is 14.6. The smallest absolute Gasteiger partial charge is 0.237 e. The van der Waals surface area contributed by atoms with E-state index in [2.05, 4.69) is 10.6 Å². The summed E-state index contributed by atoms with van der Waals surface area (Å²) in [7, 11) is 0. The Labute approximate surface area is 128 Å². The van der Waals surface area contributed by atoms with E-state index in [4.69, 9.17) is 0 Å². The van der Waals surface area contributed by atoms with Crippen LogP contribution in [0, 0.1) is 23.2 Å². The van der Waals surface area contributed by atoms with E-state index in [9.17, 15) is 4.79 Å². The van der Waals surface area contributed by atoms with Gasteiger partial charge < -0.3 is 10.6 Å². The van der Waals surface area contributed by atoms with Gasteiger partial charge in [-0.1, -0.05) is 0 Å². The molecule has 5 aliphatic rings. The van der Waals surface area contributed by atoms with Crippen LogP contribution in [-0.2, 0) is 4.79 Å². The third-order valence-electron chi connectivity index (χ3n) is 6.18. The second-order valence-electron chi connectivity index (χ2n) is 7.78. The molecule has 0 spiro atoms. The van der Waals surface area contributed by atoms with Crippen LogP contribution in [0.2, 0.25) is 0 Å². The lowest BCUT2D eigenvalue weighted by Gasteiger charge is -2.57. The van der Waals surface area contributed by atoms with Crippen LogP contribution in [0.3, 0.4) is 0 Å². The van der Waals surface area contributed by atoms with Gasteiger partial charge in [0, 0.05) is 6.54 Å². The standard InChI is InChI=1S/C16H26N2O.ClH/c19-15(14-2-1-3-17-14)18-10-16-7-11-4-12(8-16)6-13(5-11)9-16;/h11-14,17H,1-10H2,(H,18,19);1H. The molecule has 0 aromatic heterocycles. The molecule has 0 radical (unpaired) electrons. The SMILES string of the molecule is Cl.O=C(NCC12CC3CC(CC(C3)C1)C2)C1CCCN1. The molecule has 1 aliphatic heterocycles. The molecule has 4 saturated carbocycles. The fourth-order valence-corrected chi connectivity index (χ4v) is 5.81. The van der Waals surface area contributed by atoms with Gasteiger partial charge in [0.2, 0.25) is 5.91 Å². The van der Waals surface area contributed by atoms with Crippen LogP contribution in [-0.4, -0.2) is 25.0 Å². The molecule has 0 aromatic carbocycles. The van der Waals surface area contributed by atoms with Gasteiger partial charge >= 0.3 is 0 Å². The summed E-state index contributed by atoms with van der Waals surface area (Å²) in [6.07, 6.45) is 10.8. The monoisotopic (exact) mass is 298 g/mol. The summed E-state index contributed by atoms with van der Waals surface area (Å²) >= 11 is 0. The Bertz CT molecular complexity index is 343. The molecule has 3 nitrogen and oxygen atoms in total. The zero-order chi connectivity index (χ0) is 12.9. The normalized spacial score (nSPS) is 45.2. The van der Waals surface area contributed by atoms with Crippen molar-refractivity contribution in [3.05, 3.63) is 0 Å². The van der Waals surface area contributed by atoms with Crippen LogP contribution in [0.25, 0.3) is 0 Å². The van der Waals surface area contributed by atoms with Gasteiger partial charge in [0.1, 0.15) is 0 Å². The molecule has 1 atom stereocenters. The zero-order valence-corrected chi connectivity index (χ0v) is 13.0. The Morgan fingerprint density at radius 3 is 2.20 bits per heavy atom. The first-order valence-electron chi connectivity index (χ1n) is 8.24. The van der Waals surface area contributed by atoms with Gasteiger partial charge in [-0.3, -0.25) is 4.79 Å². The second kappa shape index (κ2) is 5.49. The average molecular weight is 299 g/mol. The van der Waals surface area contributed by atoms with Crippen molar-refractivity contribution in [1.82, 2.24) is 10.6 Å². The second-order valence-corrected chi connectivity index (χ2v) is 7.78. The molecule has 4 heteroatoms. The van der Waals surface area contributed by atoms with E-state index in [1.807, 2.05) is 0 Å². The maximum atomic E-state index is 12.2. The van der Waals surface area contributed by atoms with Gasteiger partial charge in [-0.05, 0) is 81.1 Å². The minimum Gasteiger partial charge on any atom is -0.354 e. The summed E-state index contributed by atoms with van der Waals surface area (Å²) in [6, 6.07) is 0.0916. The van der Waals surface area contributed by atoms with Gasteiger partial charge in [0.25, 0.3) is 0 Å². The number of halogens is 1. The quantitative estimate of drug-likeness (QED) is 0.840. The molecule has 1 amide bonds. The first-order chi connectivity index (χ1) is 9.22. The lowest BCUT2D eigenvalue weighted by molar-refractivity contribution is -0.124. The predicted octanol–water partition coefficient (Wildman–Crippen LogP) is 2.49. The number of hydrogen-bond acceptors (Lipinski definition) is 2. The average Bonchev–Trinajstić information content (AvgIpc) is 2.88. The molecule has 20 heavy (non-hydrogen) atoms. The lowest BCUT2D eigenvalue weighted by Crippen LogP contribution is -2.52. The molecule has 4 bridgehead atoms. The van der Waals surface area contributed by atoms with E-state index in [0.717, 1.165) is 43.7 Å². The van der Waals surface area contributed by atoms with Crippen molar-refractivity contribution in [2.24, 2.45) is 23.2 Å². The van der Waals surface area contributed by atoms with Gasteiger partial charge in [-0.15, -0.1) is 12.4 Å². The maximum Gasteiger partial charge on any atom is 0.237 e. The van der Waals surface area contributed by atoms with E-state index < -0.39 is 0 Å². The minimum absolute atomic E-state index is 0. The highest BCUT2D eigenvalue weighted by Crippen LogP contribution is 2.59. The number of carbonyl (C=O) groups excluding carboxylic acids is 1. The number of nitrogens with one attached hydrogen (secondary N) is 2. The predicted molar refractivity (Wildman–Crippen MR) is 81.9 cm³/mol. The van der Waals surface area contributed by atoms with Crippen molar-refractivity contribution in [2.45, 2.75) is 57.4 Å². The Morgan fingerprint density at radius 1 is 1.10 bits per heavy atom. The molecule has 1 heterocycles. The first-order valence-corrected chi connectivity index (χ1v) is 8.24. The molecule has 5 fully saturated rings. The summed E-state index contributed by atoms with van der Waals surface area (Å²) in [5.74, 6) is 3.20. The molecule has 5 rings (SSSR count). The highest BCUT2D eigenvalue weighted by atomic mass is 35.5. The third-order valence-corrected chi connectivity index (χ3v) is 6.18. The van der Waals surface area contributed by atoms with Crippen LogP contribution >= 0.6 is 12.4 Å². The molecule has 1 unspecified atom stereocenters. The molecule has 1 saturated heterocycles. The minimum atomic E-state index is 0. The Balaban J connectivity index is 0.00000121. The van der Waals surface area contributed by atoms with Gasteiger partial charge in [-0.2, -0.15) is 0 Å². The largest absolute Gasteiger partial charge is 0.354 e. The summed E-state index contributed by atoms with van der Waals surface area (Å²) in [6.45, 7) is 1.96. The lowest BCUT2D eigenvalue weighted by atomic mass is 9.49. The Kier molecular flexibility index (Phi) is 4.02. The van der Waals surface area contributed by atoms with Crippen LogP contribution in [0.4, 0.5) is 0 Å². The van der Waals surface area contributed by atoms with Crippen LogP contribution in [0.5, 0.6) is 0 Å². The molecule has 4 aliphatic carbocycles. The van der Waals surface area contributed by atoms with Crippen molar-refractivity contribution in [1.29, 1.82) is 0 Å². The van der Waals surface area contributed by atoms with E-state index in [0.29, 0.717) is 5.41 Å². The van der Waals surface area contributed by atoms with E-state index in [-0.39, 0.29) is 24.4 Å². The van der Waals surface area contributed by atoms with E-state index in [1.54, 1.807) is 0 Å². The third kappa shape index (κ3) is 2.59. The van der Waals surface area contributed by atoms with Gasteiger partial charge in [-0.25, -0.2) is 0 Å². The highest BCUT2D eigenvalue weighted by molar-refractivity contribution is 5.85. The summed E-state index contributed by atoms with van der Waals surface area (Å²) in [5, 5.41) is 6.58. The van der Waals surface area contributed by atoms with E-state index in [1.165, 1.54) is 38.5 Å². The number of amides is 1. The summed E-state index contributed by atoms with van der Waals surface area (Å²) in [5.41, 5.74) is 0.475. The van der Waals surface area contributed by atoms with Gasteiger partial charge in [0.05, 0.1) is 6.04 Å². The molecular weight excluding hydrogens is 272 g/mol. The Hall–Kier alpha value is -0.280. The number of carbonyl (C=O) groups is 1. The summed E-state index contributed by atoms with van der Waals surface area (Å²) < 4.78 is 0.